The second-order valence-corrected chi connectivity index (χ2v) is 3.87. The Morgan fingerprint density at radius 2 is 2.57 bits per heavy atom. The van der Waals surface area contributed by atoms with E-state index >= 15 is 0 Å². The van der Waals surface area contributed by atoms with Crippen LogP contribution in [0.3, 0.4) is 0 Å². The zero-order valence-corrected chi connectivity index (χ0v) is 8.38. The van der Waals surface area contributed by atoms with Crippen molar-refractivity contribution in [3.05, 3.63) is 24.2 Å². The van der Waals surface area contributed by atoms with E-state index in [1.165, 1.54) is 0 Å². The van der Waals surface area contributed by atoms with Gasteiger partial charge in [0.05, 0.1) is 11.7 Å². The Bertz CT molecular complexity index is 310. The Hall–Kier alpha value is -1.09. The number of carbonyl (C=O) groups excluding carboxylic acids is 1. The van der Waals surface area contributed by atoms with Crippen LogP contribution in [0.15, 0.2) is 22.8 Å². The van der Waals surface area contributed by atoms with E-state index < -0.39 is 0 Å². The Balaban J connectivity index is 2.24. The highest BCUT2D eigenvalue weighted by Crippen LogP contribution is 2.33. The van der Waals surface area contributed by atoms with Crippen LogP contribution in [0.25, 0.3) is 0 Å². The van der Waals surface area contributed by atoms with Crippen molar-refractivity contribution < 1.29 is 9.21 Å². The molecule has 1 atom stereocenters. The van der Waals surface area contributed by atoms with Gasteiger partial charge in [-0.1, -0.05) is 6.92 Å². The molecule has 0 amide bonds. The molecule has 3 heteroatoms. The molecule has 1 N–H and O–H groups in total. The molecule has 1 fully saturated rings. The van der Waals surface area contributed by atoms with Crippen LogP contribution in [-0.4, -0.2) is 18.9 Å². The van der Waals surface area contributed by atoms with Crippen molar-refractivity contribution in [2.75, 3.05) is 13.1 Å². The first-order valence-corrected chi connectivity index (χ1v) is 5.07. The van der Waals surface area contributed by atoms with Crippen molar-refractivity contribution in [3.8, 4) is 0 Å². The van der Waals surface area contributed by atoms with Crippen LogP contribution in [0, 0.1) is 5.41 Å². The second kappa shape index (κ2) is 3.58. The molecule has 2 rings (SSSR count). The summed E-state index contributed by atoms with van der Waals surface area (Å²) in [4.78, 5) is 12.1. The minimum atomic E-state index is -0.224. The molecule has 1 saturated heterocycles. The number of furan rings is 1. The average Bonchev–Trinajstić information content (AvgIpc) is 2.89. The molecule has 0 radical (unpaired) electrons. The first-order valence-electron chi connectivity index (χ1n) is 5.07. The van der Waals surface area contributed by atoms with Gasteiger partial charge in [0.2, 0.25) is 5.78 Å². The third-order valence-corrected chi connectivity index (χ3v) is 3.15. The van der Waals surface area contributed by atoms with Gasteiger partial charge in [-0.15, -0.1) is 0 Å². The highest BCUT2D eigenvalue weighted by molar-refractivity contribution is 5.98. The molecule has 2 heterocycles. The van der Waals surface area contributed by atoms with Crippen molar-refractivity contribution in [2.45, 2.75) is 19.8 Å². The second-order valence-electron chi connectivity index (χ2n) is 3.87. The first kappa shape index (κ1) is 9.46. The summed E-state index contributed by atoms with van der Waals surface area (Å²) in [5.74, 6) is 0.644. The Kier molecular flexibility index (Phi) is 2.42. The normalized spacial score (nSPS) is 26.6. The van der Waals surface area contributed by atoms with Gasteiger partial charge in [0, 0.05) is 6.54 Å². The van der Waals surface area contributed by atoms with E-state index in [2.05, 4.69) is 12.2 Å². The Labute approximate surface area is 83.5 Å². The minimum absolute atomic E-state index is 0.148. The number of nitrogens with one attached hydrogen (secondary N) is 1. The maximum Gasteiger partial charge on any atom is 0.205 e. The van der Waals surface area contributed by atoms with Gasteiger partial charge in [-0.25, -0.2) is 0 Å². The van der Waals surface area contributed by atoms with E-state index in [1.54, 1.807) is 18.4 Å². The molecule has 14 heavy (non-hydrogen) atoms. The molecule has 0 bridgehead atoms. The lowest BCUT2D eigenvalue weighted by Gasteiger charge is -2.23. The van der Waals surface area contributed by atoms with Crippen LogP contribution >= 0.6 is 0 Å². The van der Waals surface area contributed by atoms with Gasteiger partial charge in [-0.3, -0.25) is 4.79 Å². The fraction of sp³-hybridized carbons (Fsp3) is 0.545. The predicted octanol–water partition coefficient (Wildman–Crippen LogP) is 1.85. The molecule has 3 nitrogen and oxygen atoms in total. The topological polar surface area (TPSA) is 42.2 Å². The van der Waals surface area contributed by atoms with Crippen LogP contribution in [0.1, 0.15) is 30.3 Å². The minimum Gasteiger partial charge on any atom is -0.461 e. The van der Waals surface area contributed by atoms with Crippen molar-refractivity contribution in [2.24, 2.45) is 5.41 Å². The van der Waals surface area contributed by atoms with Crippen LogP contribution < -0.4 is 5.32 Å². The molecule has 0 aliphatic carbocycles. The van der Waals surface area contributed by atoms with Gasteiger partial charge in [-0.2, -0.15) is 0 Å². The van der Waals surface area contributed by atoms with Crippen LogP contribution in [0.2, 0.25) is 0 Å². The summed E-state index contributed by atoms with van der Waals surface area (Å²) < 4.78 is 5.16. The zero-order valence-electron chi connectivity index (χ0n) is 8.38. The number of Topliss-reactive ketones (excluding diaryl/α,β-unsaturated/α-hetero) is 1. The third kappa shape index (κ3) is 1.38. The number of ketones is 1. The summed E-state index contributed by atoms with van der Waals surface area (Å²) in [6.07, 6.45) is 3.35. The fourth-order valence-electron chi connectivity index (χ4n) is 2.07. The third-order valence-electron chi connectivity index (χ3n) is 3.15. The predicted molar refractivity (Wildman–Crippen MR) is 53.2 cm³/mol. The smallest absolute Gasteiger partial charge is 0.205 e. The quantitative estimate of drug-likeness (QED) is 0.745. The zero-order chi connectivity index (χ0) is 10.0. The average molecular weight is 193 g/mol. The summed E-state index contributed by atoms with van der Waals surface area (Å²) in [5, 5.41) is 3.24. The molecule has 1 aliphatic rings. The molecule has 0 spiro atoms. The van der Waals surface area contributed by atoms with E-state index in [-0.39, 0.29) is 11.2 Å². The summed E-state index contributed by atoms with van der Waals surface area (Å²) in [7, 11) is 0. The van der Waals surface area contributed by atoms with Gasteiger partial charge in [0.1, 0.15) is 0 Å². The van der Waals surface area contributed by atoms with Gasteiger partial charge < -0.3 is 9.73 Å². The Morgan fingerprint density at radius 1 is 1.71 bits per heavy atom. The highest BCUT2D eigenvalue weighted by atomic mass is 16.3. The van der Waals surface area contributed by atoms with Crippen molar-refractivity contribution >= 4 is 5.78 Å². The van der Waals surface area contributed by atoms with Crippen LogP contribution in [0.5, 0.6) is 0 Å². The Morgan fingerprint density at radius 3 is 3.07 bits per heavy atom. The van der Waals surface area contributed by atoms with Crippen LogP contribution in [-0.2, 0) is 0 Å². The van der Waals surface area contributed by atoms with E-state index in [1.807, 2.05) is 0 Å². The van der Waals surface area contributed by atoms with E-state index in [0.717, 1.165) is 25.9 Å². The highest BCUT2D eigenvalue weighted by Gasteiger charge is 2.40. The summed E-state index contributed by atoms with van der Waals surface area (Å²) in [6.45, 7) is 3.77. The lowest BCUT2D eigenvalue weighted by Crippen LogP contribution is -2.32. The molecule has 0 aromatic carbocycles. The largest absolute Gasteiger partial charge is 0.461 e. The monoisotopic (exact) mass is 193 g/mol. The fourth-order valence-corrected chi connectivity index (χ4v) is 2.07. The maximum atomic E-state index is 12.1. The summed E-state index contributed by atoms with van der Waals surface area (Å²) >= 11 is 0. The number of hydrogen-bond donors (Lipinski definition) is 1. The van der Waals surface area contributed by atoms with E-state index in [9.17, 15) is 4.79 Å². The molecule has 0 saturated carbocycles. The van der Waals surface area contributed by atoms with Gasteiger partial charge in [0.15, 0.2) is 5.76 Å². The first-order chi connectivity index (χ1) is 6.78. The lowest BCUT2D eigenvalue weighted by molar-refractivity contribution is 0.0780. The van der Waals surface area contributed by atoms with Crippen molar-refractivity contribution in [1.29, 1.82) is 0 Å². The molecule has 1 aromatic heterocycles. The summed E-state index contributed by atoms with van der Waals surface area (Å²) in [5.41, 5.74) is -0.224. The molecule has 1 aromatic rings. The van der Waals surface area contributed by atoms with Gasteiger partial charge in [-0.05, 0) is 31.5 Å². The number of hydrogen-bond acceptors (Lipinski definition) is 3. The van der Waals surface area contributed by atoms with Gasteiger partial charge >= 0.3 is 0 Å². The molecule has 1 aliphatic heterocycles. The molecular formula is C11H15NO2. The molecule has 1 unspecified atom stereocenters. The van der Waals surface area contributed by atoms with Gasteiger partial charge in [0.25, 0.3) is 0 Å². The van der Waals surface area contributed by atoms with E-state index in [0.29, 0.717) is 5.76 Å². The SMILES string of the molecule is CCC1(C(=O)c2ccco2)CCNC1. The maximum absolute atomic E-state index is 12.1. The number of carbonyl (C=O) groups is 1. The van der Waals surface area contributed by atoms with Crippen LogP contribution in [0.4, 0.5) is 0 Å². The number of rotatable bonds is 3. The molecular weight excluding hydrogens is 178 g/mol. The van der Waals surface area contributed by atoms with Crippen molar-refractivity contribution in [3.63, 3.8) is 0 Å². The van der Waals surface area contributed by atoms with E-state index in [4.69, 9.17) is 4.42 Å². The molecule has 76 valence electrons. The standard InChI is InChI=1S/C11H15NO2/c1-2-11(5-6-12-8-11)10(13)9-4-3-7-14-9/h3-4,7,12H,2,5-6,8H2,1H3. The lowest BCUT2D eigenvalue weighted by atomic mass is 9.79. The van der Waals surface area contributed by atoms with Crippen molar-refractivity contribution in [1.82, 2.24) is 5.32 Å². The summed E-state index contributed by atoms with van der Waals surface area (Å²) in [6, 6.07) is 3.51.